The van der Waals surface area contributed by atoms with Crippen molar-refractivity contribution in [1.82, 2.24) is 29.2 Å². The van der Waals surface area contributed by atoms with E-state index in [4.69, 9.17) is 28.3 Å². The third-order valence-corrected chi connectivity index (χ3v) is 12.6. The summed E-state index contributed by atoms with van der Waals surface area (Å²) in [7, 11) is -3.90. The van der Waals surface area contributed by atoms with Gasteiger partial charge in [0.05, 0.1) is 31.7 Å². The van der Waals surface area contributed by atoms with Gasteiger partial charge in [0.15, 0.2) is 5.69 Å². The van der Waals surface area contributed by atoms with Crippen molar-refractivity contribution in [2.45, 2.75) is 57.3 Å². The summed E-state index contributed by atoms with van der Waals surface area (Å²) in [6.07, 6.45) is 1.14. The number of piperidine rings is 2. The van der Waals surface area contributed by atoms with E-state index in [-0.39, 0.29) is 23.3 Å². The van der Waals surface area contributed by atoms with Crippen LogP contribution in [0, 0.1) is 17.8 Å². The normalized spacial score (nSPS) is 19.6. The first-order valence-electron chi connectivity index (χ1n) is 16.5. The van der Waals surface area contributed by atoms with E-state index in [0.29, 0.717) is 62.8 Å². The van der Waals surface area contributed by atoms with Crippen LogP contribution in [0.1, 0.15) is 70.6 Å². The second-order valence-electron chi connectivity index (χ2n) is 12.9. The quantitative estimate of drug-likeness (QED) is 0.184. The highest BCUT2D eigenvalue weighted by Gasteiger charge is 2.44. The molecular weight excluding hydrogens is 744 g/mol. The second kappa shape index (κ2) is 14.5. The van der Waals surface area contributed by atoms with Gasteiger partial charge in [-0.3, -0.25) is 10.2 Å². The van der Waals surface area contributed by atoms with Crippen LogP contribution in [0.5, 0.6) is 0 Å². The highest BCUT2D eigenvalue weighted by Crippen LogP contribution is 2.40. The van der Waals surface area contributed by atoms with Gasteiger partial charge in [-0.25, -0.2) is 9.69 Å². The van der Waals surface area contributed by atoms with Gasteiger partial charge in [-0.1, -0.05) is 41.5 Å². The zero-order valence-electron chi connectivity index (χ0n) is 27.1. The fourth-order valence-electron chi connectivity index (χ4n) is 6.91. The van der Waals surface area contributed by atoms with Gasteiger partial charge in [0.1, 0.15) is 0 Å². The molecular formula is C35H33Cl2F3N6O3S2. The molecule has 2 aromatic carbocycles. The van der Waals surface area contributed by atoms with Crippen molar-refractivity contribution in [1.29, 1.82) is 0 Å². The molecule has 1 aliphatic carbocycles. The lowest BCUT2D eigenvalue weighted by Crippen LogP contribution is -2.46. The molecule has 2 aliphatic heterocycles. The Morgan fingerprint density at radius 1 is 1.00 bits per heavy atom. The maximum Gasteiger partial charge on any atom is 0.416 e. The molecule has 2 N–H and O–H groups in total. The van der Waals surface area contributed by atoms with Gasteiger partial charge < -0.3 is 0 Å². The molecule has 51 heavy (non-hydrogen) atoms. The molecule has 4 aromatic rings. The van der Waals surface area contributed by atoms with E-state index in [9.17, 15) is 26.4 Å². The number of nitrogens with zero attached hydrogens (tertiary/aromatic N) is 4. The largest absolute Gasteiger partial charge is 0.416 e. The molecule has 2 bridgehead atoms. The number of hydrazine groups is 1. The van der Waals surface area contributed by atoms with E-state index in [2.05, 4.69) is 22.0 Å². The molecule has 2 atom stereocenters. The topological polar surface area (TPSA) is 99.6 Å². The SMILES string of the molecule is O=C(NN1CCCCC1)c1nn(-c2ccc(Cl)cc2Cl)c(-c2ccc(C#Cc3ccc(C(F)(F)F)cc3)s2)c1CNS(=O)(=O)N1CC2CCC1C2. The van der Waals surface area contributed by atoms with Gasteiger partial charge in [-0.05, 0) is 92.6 Å². The van der Waals surface area contributed by atoms with Gasteiger partial charge in [0.2, 0.25) is 0 Å². The van der Waals surface area contributed by atoms with E-state index >= 15 is 0 Å². The fourth-order valence-corrected chi connectivity index (χ4v) is 9.80. The van der Waals surface area contributed by atoms with Crippen LogP contribution >= 0.6 is 34.5 Å². The Morgan fingerprint density at radius 2 is 1.76 bits per heavy atom. The highest BCUT2D eigenvalue weighted by molar-refractivity contribution is 7.87. The summed E-state index contributed by atoms with van der Waals surface area (Å²) in [5.41, 5.74) is 3.81. The molecule has 2 unspecified atom stereocenters. The molecule has 4 heterocycles. The number of halogens is 5. The molecule has 0 radical (unpaired) electrons. The predicted molar refractivity (Wildman–Crippen MR) is 191 cm³/mol. The Hall–Kier alpha value is -3.42. The summed E-state index contributed by atoms with van der Waals surface area (Å²) in [6, 6.07) is 12.9. The van der Waals surface area contributed by atoms with Crippen LogP contribution in [0.25, 0.3) is 16.3 Å². The lowest BCUT2D eigenvalue weighted by molar-refractivity contribution is -0.137. The van der Waals surface area contributed by atoms with Crippen molar-refractivity contribution < 1.29 is 26.4 Å². The van der Waals surface area contributed by atoms with E-state index in [1.165, 1.54) is 32.5 Å². The number of hydrogen-bond donors (Lipinski definition) is 2. The average molecular weight is 778 g/mol. The number of thiophene rings is 1. The average Bonchev–Trinajstić information content (AvgIpc) is 3.91. The van der Waals surface area contributed by atoms with E-state index in [1.54, 1.807) is 30.3 Å². The van der Waals surface area contributed by atoms with Crippen molar-refractivity contribution in [2.24, 2.45) is 5.92 Å². The lowest BCUT2D eigenvalue weighted by atomic mass is 10.1. The molecule has 1 saturated carbocycles. The highest BCUT2D eigenvalue weighted by atomic mass is 35.5. The third-order valence-electron chi connectivity index (χ3n) is 9.43. The fraction of sp³-hybridized carbons (Fsp3) is 0.371. The number of fused-ring (bicyclic) bond motifs is 2. The van der Waals surface area contributed by atoms with Crippen molar-refractivity contribution in [2.75, 3.05) is 19.6 Å². The Bertz CT molecular complexity index is 2120. The summed E-state index contributed by atoms with van der Waals surface area (Å²) < 4.78 is 72.3. The minimum Gasteiger partial charge on any atom is -0.283 e. The summed E-state index contributed by atoms with van der Waals surface area (Å²) in [6.45, 7) is 1.58. The Morgan fingerprint density at radius 3 is 2.43 bits per heavy atom. The number of alkyl halides is 3. The summed E-state index contributed by atoms with van der Waals surface area (Å²) in [5, 5.41) is 7.25. The summed E-state index contributed by atoms with van der Waals surface area (Å²) in [4.78, 5) is 15.2. The summed E-state index contributed by atoms with van der Waals surface area (Å²) >= 11 is 14.2. The van der Waals surface area contributed by atoms with Crippen LogP contribution < -0.4 is 10.1 Å². The van der Waals surface area contributed by atoms with Crippen molar-refractivity contribution in [3.05, 3.63) is 91.9 Å². The van der Waals surface area contributed by atoms with Gasteiger partial charge in [0.25, 0.3) is 16.1 Å². The molecule has 1 amide bonds. The number of amides is 1. The third kappa shape index (κ3) is 7.85. The van der Waals surface area contributed by atoms with Gasteiger partial charge in [-0.15, -0.1) is 11.3 Å². The zero-order chi connectivity index (χ0) is 35.9. The van der Waals surface area contributed by atoms with Crippen LogP contribution in [-0.4, -0.2) is 59.1 Å². The standard InChI is InChI=1S/C35H33Cl2F3N6O3S2/c36-25-10-14-30(29(37)19-25)46-33(31-15-13-27(50-31)12-7-22-4-8-24(9-5-22)35(38,39)40)28(32(42-46)34(47)43-44-16-2-1-3-17-44)20-41-51(48,49)45-21-23-6-11-26(45)18-23/h4-5,8-10,13-15,19,23,26,41H,1-3,6,11,16-18,20-21H2,(H,43,47). The number of hydrogen-bond acceptors (Lipinski definition) is 6. The maximum absolute atomic E-state index is 14.0. The van der Waals surface area contributed by atoms with Crippen molar-refractivity contribution in [3.63, 3.8) is 0 Å². The number of rotatable bonds is 8. The number of benzene rings is 2. The molecule has 16 heteroatoms. The molecule has 9 nitrogen and oxygen atoms in total. The minimum atomic E-state index is -4.45. The van der Waals surface area contributed by atoms with Crippen LogP contribution in [-0.2, 0) is 22.9 Å². The van der Waals surface area contributed by atoms with E-state index in [1.807, 2.05) is 5.01 Å². The minimum absolute atomic E-state index is 0.0259. The second-order valence-corrected chi connectivity index (χ2v) is 16.5. The molecule has 268 valence electrons. The molecule has 7 rings (SSSR count). The molecule has 3 fully saturated rings. The Labute approximate surface area is 307 Å². The molecule has 3 aliphatic rings. The van der Waals surface area contributed by atoms with Crippen LogP contribution in [0.2, 0.25) is 10.0 Å². The number of nitrogens with one attached hydrogen (secondary N) is 2. The van der Waals surface area contributed by atoms with Crippen LogP contribution in [0.4, 0.5) is 13.2 Å². The first-order chi connectivity index (χ1) is 24.4. The van der Waals surface area contributed by atoms with E-state index < -0.39 is 27.9 Å². The lowest BCUT2D eigenvalue weighted by Gasteiger charge is -2.27. The zero-order valence-corrected chi connectivity index (χ0v) is 30.3. The monoisotopic (exact) mass is 776 g/mol. The van der Waals surface area contributed by atoms with Crippen LogP contribution in [0.3, 0.4) is 0 Å². The molecule has 0 spiro atoms. The van der Waals surface area contributed by atoms with Crippen molar-refractivity contribution in [3.8, 4) is 28.1 Å². The Kier molecular flexibility index (Phi) is 10.3. The summed E-state index contributed by atoms with van der Waals surface area (Å²) in [5.74, 6) is 5.77. The first kappa shape index (κ1) is 36.0. The predicted octanol–water partition coefficient (Wildman–Crippen LogP) is 7.28. The van der Waals surface area contributed by atoms with E-state index in [0.717, 1.165) is 50.7 Å². The molecule has 2 saturated heterocycles. The van der Waals surface area contributed by atoms with Gasteiger partial charge in [-0.2, -0.15) is 35.7 Å². The number of aromatic nitrogens is 2. The number of carbonyl (C=O) groups excluding carboxylic acids is 1. The van der Waals surface area contributed by atoms with Crippen LogP contribution in [0.15, 0.2) is 54.6 Å². The first-order valence-corrected chi connectivity index (χ1v) is 19.6. The van der Waals surface area contributed by atoms with Gasteiger partial charge >= 0.3 is 6.18 Å². The number of carbonyl (C=O) groups is 1. The smallest absolute Gasteiger partial charge is 0.283 e. The molecule has 2 aromatic heterocycles. The maximum atomic E-state index is 14.0. The Balaban J connectivity index is 1.29. The van der Waals surface area contributed by atoms with Crippen molar-refractivity contribution >= 4 is 50.7 Å². The van der Waals surface area contributed by atoms with Gasteiger partial charge in [0, 0.05) is 48.4 Å².